The van der Waals surface area contributed by atoms with Crippen LogP contribution in [0.2, 0.25) is 0 Å². The number of thiazole rings is 1. The van der Waals surface area contributed by atoms with E-state index in [0.29, 0.717) is 0 Å². The van der Waals surface area contributed by atoms with E-state index in [0.717, 1.165) is 12.1 Å². The SMILES string of the molecule is Cc1ccc(Cc2nc(-c3cccc(C)c3)cs2)cc1. The van der Waals surface area contributed by atoms with Gasteiger partial charge in [0.2, 0.25) is 0 Å². The Kier molecular flexibility index (Phi) is 3.66. The van der Waals surface area contributed by atoms with E-state index in [1.807, 2.05) is 0 Å². The third-order valence-electron chi connectivity index (χ3n) is 3.34. The van der Waals surface area contributed by atoms with E-state index < -0.39 is 0 Å². The van der Waals surface area contributed by atoms with E-state index in [4.69, 9.17) is 4.98 Å². The summed E-state index contributed by atoms with van der Waals surface area (Å²) in [5.74, 6) is 0. The van der Waals surface area contributed by atoms with Gasteiger partial charge in [-0.1, -0.05) is 53.6 Å². The van der Waals surface area contributed by atoms with Crippen molar-refractivity contribution in [3.05, 3.63) is 75.6 Å². The summed E-state index contributed by atoms with van der Waals surface area (Å²) in [4.78, 5) is 4.76. The standard InChI is InChI=1S/C18H17NS/c1-13-6-8-15(9-7-13)11-18-19-17(12-20-18)16-5-3-4-14(2)10-16/h3-10,12H,11H2,1-2H3. The summed E-state index contributed by atoms with van der Waals surface area (Å²) >= 11 is 1.74. The van der Waals surface area contributed by atoms with Crippen LogP contribution in [-0.4, -0.2) is 4.98 Å². The van der Waals surface area contributed by atoms with Crippen LogP contribution in [0.3, 0.4) is 0 Å². The first kappa shape index (κ1) is 13.1. The summed E-state index contributed by atoms with van der Waals surface area (Å²) in [6.45, 7) is 4.23. The second-order valence-electron chi connectivity index (χ2n) is 5.16. The van der Waals surface area contributed by atoms with E-state index in [-0.39, 0.29) is 0 Å². The van der Waals surface area contributed by atoms with Gasteiger partial charge in [0.25, 0.3) is 0 Å². The summed E-state index contributed by atoms with van der Waals surface area (Å²) in [6.07, 6.45) is 0.913. The molecule has 0 saturated carbocycles. The van der Waals surface area contributed by atoms with Crippen molar-refractivity contribution in [1.82, 2.24) is 4.98 Å². The minimum Gasteiger partial charge on any atom is -0.241 e. The zero-order valence-corrected chi connectivity index (χ0v) is 12.6. The molecule has 1 nitrogen and oxygen atoms in total. The molecular weight excluding hydrogens is 262 g/mol. The molecular formula is C18H17NS. The highest BCUT2D eigenvalue weighted by molar-refractivity contribution is 7.10. The molecule has 0 saturated heterocycles. The zero-order valence-electron chi connectivity index (χ0n) is 11.8. The van der Waals surface area contributed by atoms with Gasteiger partial charge in [-0.3, -0.25) is 0 Å². The predicted octanol–water partition coefficient (Wildman–Crippen LogP) is 5.02. The molecule has 100 valence electrons. The summed E-state index contributed by atoms with van der Waals surface area (Å²) in [5, 5.41) is 3.32. The normalized spacial score (nSPS) is 10.7. The largest absolute Gasteiger partial charge is 0.241 e. The van der Waals surface area contributed by atoms with Gasteiger partial charge in [-0.2, -0.15) is 0 Å². The minimum absolute atomic E-state index is 0.913. The van der Waals surface area contributed by atoms with Crippen LogP contribution in [-0.2, 0) is 6.42 Å². The summed E-state index contributed by atoms with van der Waals surface area (Å²) in [6, 6.07) is 17.2. The Hall–Kier alpha value is -1.93. The maximum absolute atomic E-state index is 4.76. The Morgan fingerprint density at radius 3 is 2.50 bits per heavy atom. The number of rotatable bonds is 3. The summed E-state index contributed by atoms with van der Waals surface area (Å²) < 4.78 is 0. The van der Waals surface area contributed by atoms with Gasteiger partial charge >= 0.3 is 0 Å². The monoisotopic (exact) mass is 279 g/mol. The maximum atomic E-state index is 4.76. The van der Waals surface area contributed by atoms with Crippen molar-refractivity contribution in [3.8, 4) is 11.3 Å². The van der Waals surface area contributed by atoms with Gasteiger partial charge in [0, 0.05) is 17.4 Å². The van der Waals surface area contributed by atoms with Crippen molar-refractivity contribution >= 4 is 11.3 Å². The molecule has 0 bridgehead atoms. The molecule has 0 aliphatic rings. The lowest BCUT2D eigenvalue weighted by Gasteiger charge is -1.99. The van der Waals surface area contributed by atoms with E-state index in [2.05, 4.69) is 67.8 Å². The van der Waals surface area contributed by atoms with Crippen LogP contribution >= 0.6 is 11.3 Å². The number of benzene rings is 2. The Bertz CT molecular complexity index is 710. The lowest BCUT2D eigenvalue weighted by Crippen LogP contribution is -1.88. The fourth-order valence-electron chi connectivity index (χ4n) is 2.21. The quantitative estimate of drug-likeness (QED) is 0.656. The fraction of sp³-hybridized carbons (Fsp3) is 0.167. The van der Waals surface area contributed by atoms with E-state index >= 15 is 0 Å². The van der Waals surface area contributed by atoms with Gasteiger partial charge in [0.05, 0.1) is 10.7 Å². The number of hydrogen-bond acceptors (Lipinski definition) is 2. The molecule has 2 aromatic carbocycles. The molecule has 0 unspecified atom stereocenters. The maximum Gasteiger partial charge on any atom is 0.0976 e. The molecule has 20 heavy (non-hydrogen) atoms. The van der Waals surface area contributed by atoms with Crippen LogP contribution in [0.5, 0.6) is 0 Å². The second kappa shape index (κ2) is 5.59. The fourth-order valence-corrected chi connectivity index (χ4v) is 3.05. The van der Waals surface area contributed by atoms with Crippen molar-refractivity contribution in [1.29, 1.82) is 0 Å². The first-order valence-electron chi connectivity index (χ1n) is 6.78. The molecule has 1 aromatic heterocycles. The third-order valence-corrected chi connectivity index (χ3v) is 4.19. The van der Waals surface area contributed by atoms with E-state index in [9.17, 15) is 0 Å². The van der Waals surface area contributed by atoms with Gasteiger partial charge in [-0.25, -0.2) is 4.98 Å². The predicted molar refractivity (Wildman–Crippen MR) is 86.3 cm³/mol. The van der Waals surface area contributed by atoms with Crippen molar-refractivity contribution in [2.75, 3.05) is 0 Å². The molecule has 2 heteroatoms. The molecule has 3 aromatic rings. The third kappa shape index (κ3) is 2.97. The zero-order chi connectivity index (χ0) is 13.9. The van der Waals surface area contributed by atoms with Crippen molar-refractivity contribution in [2.24, 2.45) is 0 Å². The van der Waals surface area contributed by atoms with E-state index in [1.54, 1.807) is 11.3 Å². The van der Waals surface area contributed by atoms with Crippen LogP contribution in [0.4, 0.5) is 0 Å². The van der Waals surface area contributed by atoms with Crippen LogP contribution in [0.25, 0.3) is 11.3 Å². The highest BCUT2D eigenvalue weighted by Gasteiger charge is 2.05. The van der Waals surface area contributed by atoms with Gasteiger partial charge < -0.3 is 0 Å². The van der Waals surface area contributed by atoms with Crippen molar-refractivity contribution < 1.29 is 0 Å². The van der Waals surface area contributed by atoms with Gasteiger partial charge in [-0.05, 0) is 25.5 Å². The highest BCUT2D eigenvalue weighted by atomic mass is 32.1. The molecule has 1 heterocycles. The Morgan fingerprint density at radius 2 is 1.75 bits per heavy atom. The molecule has 0 N–H and O–H groups in total. The van der Waals surface area contributed by atoms with Crippen LogP contribution in [0.15, 0.2) is 53.9 Å². The molecule has 0 aliphatic heterocycles. The molecule has 3 rings (SSSR count). The summed E-state index contributed by atoms with van der Waals surface area (Å²) in [5.41, 5.74) is 6.18. The average Bonchev–Trinajstić information content (AvgIpc) is 2.90. The van der Waals surface area contributed by atoms with Gasteiger partial charge in [0.15, 0.2) is 0 Å². The molecule has 0 aliphatic carbocycles. The van der Waals surface area contributed by atoms with Crippen molar-refractivity contribution in [3.63, 3.8) is 0 Å². The molecule has 0 radical (unpaired) electrons. The number of aryl methyl sites for hydroxylation is 2. The molecule has 0 spiro atoms. The molecule has 0 atom stereocenters. The Morgan fingerprint density at radius 1 is 0.950 bits per heavy atom. The van der Waals surface area contributed by atoms with E-state index in [1.165, 1.54) is 27.3 Å². The van der Waals surface area contributed by atoms with Crippen LogP contribution in [0.1, 0.15) is 21.7 Å². The highest BCUT2D eigenvalue weighted by Crippen LogP contribution is 2.24. The smallest absolute Gasteiger partial charge is 0.0976 e. The lowest BCUT2D eigenvalue weighted by molar-refractivity contribution is 1.14. The topological polar surface area (TPSA) is 12.9 Å². The minimum atomic E-state index is 0.913. The Balaban J connectivity index is 1.82. The van der Waals surface area contributed by atoms with Gasteiger partial charge in [0.1, 0.15) is 0 Å². The number of hydrogen-bond donors (Lipinski definition) is 0. The van der Waals surface area contributed by atoms with Crippen LogP contribution < -0.4 is 0 Å². The van der Waals surface area contributed by atoms with Gasteiger partial charge in [-0.15, -0.1) is 11.3 Å². The first-order valence-corrected chi connectivity index (χ1v) is 7.66. The van der Waals surface area contributed by atoms with Crippen LogP contribution in [0, 0.1) is 13.8 Å². The molecule has 0 amide bonds. The van der Waals surface area contributed by atoms with Crippen molar-refractivity contribution in [2.45, 2.75) is 20.3 Å². The second-order valence-corrected chi connectivity index (χ2v) is 6.10. The number of nitrogens with zero attached hydrogens (tertiary/aromatic N) is 1. The average molecular weight is 279 g/mol. The first-order chi connectivity index (χ1) is 9.70. The number of aromatic nitrogens is 1. The lowest BCUT2D eigenvalue weighted by atomic mass is 10.1. The Labute approximate surface area is 124 Å². The summed E-state index contributed by atoms with van der Waals surface area (Å²) in [7, 11) is 0. The molecule has 0 fully saturated rings.